The van der Waals surface area contributed by atoms with Gasteiger partial charge in [0.05, 0.1) is 24.5 Å². The van der Waals surface area contributed by atoms with Crippen LogP contribution in [-0.2, 0) is 4.74 Å². The Morgan fingerprint density at radius 3 is 2.82 bits per heavy atom. The Hall–Kier alpha value is -1.64. The van der Waals surface area contributed by atoms with Crippen molar-refractivity contribution < 1.29 is 14.2 Å². The van der Waals surface area contributed by atoms with Gasteiger partial charge >= 0.3 is 0 Å². The summed E-state index contributed by atoms with van der Waals surface area (Å²) in [5, 5.41) is 17.9. The van der Waals surface area contributed by atoms with Crippen LogP contribution in [-0.4, -0.2) is 38.5 Å². The Morgan fingerprint density at radius 1 is 1.47 bits per heavy atom. The minimum absolute atomic E-state index is 0.0358. The lowest BCUT2D eigenvalue weighted by molar-refractivity contribution is 0.203. The molecule has 17 heavy (non-hydrogen) atoms. The summed E-state index contributed by atoms with van der Waals surface area (Å²) in [6.07, 6.45) is 0. The smallest absolute Gasteiger partial charge is 0.124 e. The van der Waals surface area contributed by atoms with E-state index >= 15 is 0 Å². The van der Waals surface area contributed by atoms with Gasteiger partial charge in [-0.3, -0.25) is 0 Å². The molecule has 5 heteroatoms. The second-order valence-electron chi connectivity index (χ2n) is 3.48. The minimum atomic E-state index is -0.444. The number of aliphatic hydroxyl groups excluding tert-OH is 1. The highest BCUT2D eigenvalue weighted by Gasteiger charge is 2.11. The molecule has 0 saturated carbocycles. The number of rotatable bonds is 6. The zero-order valence-electron chi connectivity index (χ0n) is 9.69. The lowest BCUT2D eigenvalue weighted by atomic mass is 10.1. The lowest BCUT2D eigenvalue weighted by Gasteiger charge is -2.24. The first-order chi connectivity index (χ1) is 8.22. The molecule has 0 aliphatic heterocycles. The molecule has 0 amide bonds. The monoisotopic (exact) mass is 238 g/mol. The molecule has 0 aliphatic carbocycles. The van der Waals surface area contributed by atoms with Crippen molar-refractivity contribution in [3.63, 3.8) is 0 Å². The van der Waals surface area contributed by atoms with E-state index in [4.69, 9.17) is 15.1 Å². The van der Waals surface area contributed by atoms with E-state index in [1.807, 2.05) is 6.07 Å². The number of ether oxygens (including phenoxy) is 1. The van der Waals surface area contributed by atoms with Gasteiger partial charge in [0.25, 0.3) is 0 Å². The van der Waals surface area contributed by atoms with Crippen LogP contribution in [0.1, 0.15) is 5.56 Å². The van der Waals surface area contributed by atoms with Crippen molar-refractivity contribution in [1.82, 2.24) is 0 Å². The molecule has 0 aromatic heterocycles. The summed E-state index contributed by atoms with van der Waals surface area (Å²) in [6.45, 7) is 1.36. The molecule has 0 radical (unpaired) electrons. The first-order valence-corrected chi connectivity index (χ1v) is 5.27. The van der Waals surface area contributed by atoms with Crippen LogP contribution < -0.4 is 4.90 Å². The number of nitrogens with zero attached hydrogens (tertiary/aromatic N) is 2. The average molecular weight is 238 g/mol. The van der Waals surface area contributed by atoms with Gasteiger partial charge in [0, 0.05) is 20.2 Å². The fraction of sp³-hybridized carbons (Fsp3) is 0.417. The number of benzene rings is 1. The molecule has 0 unspecified atom stereocenters. The Bertz CT molecular complexity index is 404. The molecule has 0 bridgehead atoms. The largest absolute Gasteiger partial charge is 0.395 e. The molecule has 0 saturated heterocycles. The van der Waals surface area contributed by atoms with Crippen LogP contribution in [0.25, 0.3) is 0 Å². The van der Waals surface area contributed by atoms with Gasteiger partial charge < -0.3 is 14.7 Å². The molecular weight excluding hydrogens is 223 g/mol. The van der Waals surface area contributed by atoms with Crippen molar-refractivity contribution in [3.05, 3.63) is 29.6 Å². The summed E-state index contributed by atoms with van der Waals surface area (Å²) in [7, 11) is 1.58. The summed E-state index contributed by atoms with van der Waals surface area (Å²) >= 11 is 0. The third-order valence-corrected chi connectivity index (χ3v) is 2.35. The fourth-order valence-electron chi connectivity index (χ4n) is 1.55. The molecule has 0 fully saturated rings. The van der Waals surface area contributed by atoms with Gasteiger partial charge in [-0.05, 0) is 18.2 Å². The number of halogens is 1. The van der Waals surface area contributed by atoms with Crippen molar-refractivity contribution in [2.24, 2.45) is 0 Å². The van der Waals surface area contributed by atoms with E-state index < -0.39 is 5.82 Å². The van der Waals surface area contributed by atoms with E-state index in [2.05, 4.69) is 0 Å². The highest BCUT2D eigenvalue weighted by molar-refractivity contribution is 5.59. The Morgan fingerprint density at radius 2 is 2.24 bits per heavy atom. The minimum Gasteiger partial charge on any atom is -0.395 e. The maximum absolute atomic E-state index is 13.0. The number of methoxy groups -OCH3 is 1. The van der Waals surface area contributed by atoms with Gasteiger partial charge in [-0.15, -0.1) is 0 Å². The van der Waals surface area contributed by atoms with Crippen molar-refractivity contribution in [1.29, 1.82) is 5.26 Å². The van der Waals surface area contributed by atoms with Crippen LogP contribution in [0.3, 0.4) is 0 Å². The maximum atomic E-state index is 13.0. The third kappa shape index (κ3) is 3.70. The number of hydrogen-bond acceptors (Lipinski definition) is 4. The number of nitriles is 1. The summed E-state index contributed by atoms with van der Waals surface area (Å²) in [5.41, 5.74) is 0.870. The molecule has 4 nitrogen and oxygen atoms in total. The summed E-state index contributed by atoms with van der Waals surface area (Å²) < 4.78 is 17.9. The van der Waals surface area contributed by atoms with Gasteiger partial charge in [0.1, 0.15) is 11.9 Å². The van der Waals surface area contributed by atoms with Gasteiger partial charge in [-0.1, -0.05) is 0 Å². The molecule has 0 aliphatic rings. The Kier molecular flexibility index (Phi) is 5.40. The lowest BCUT2D eigenvalue weighted by Crippen LogP contribution is -2.30. The first-order valence-electron chi connectivity index (χ1n) is 5.27. The predicted octanol–water partition coefficient (Wildman–Crippen LogP) is 1.14. The summed E-state index contributed by atoms with van der Waals surface area (Å²) in [4.78, 5) is 1.79. The van der Waals surface area contributed by atoms with Crippen LogP contribution in [0.5, 0.6) is 0 Å². The molecule has 1 aromatic carbocycles. The van der Waals surface area contributed by atoms with Gasteiger partial charge in [0.15, 0.2) is 0 Å². The zero-order chi connectivity index (χ0) is 12.7. The molecule has 0 spiro atoms. The molecule has 1 aromatic rings. The number of hydrogen-bond donors (Lipinski definition) is 1. The second-order valence-corrected chi connectivity index (χ2v) is 3.48. The molecule has 92 valence electrons. The van der Waals surface area contributed by atoms with E-state index in [0.29, 0.717) is 25.4 Å². The molecule has 1 rings (SSSR count). The zero-order valence-corrected chi connectivity index (χ0v) is 9.69. The maximum Gasteiger partial charge on any atom is 0.124 e. The first kappa shape index (κ1) is 13.4. The van der Waals surface area contributed by atoms with Crippen molar-refractivity contribution in [3.8, 4) is 6.07 Å². The number of aliphatic hydroxyl groups is 1. The molecule has 1 N–H and O–H groups in total. The quantitative estimate of drug-likeness (QED) is 0.807. The summed E-state index contributed by atoms with van der Waals surface area (Å²) in [5.74, 6) is -0.444. The van der Waals surface area contributed by atoms with Gasteiger partial charge in [-0.2, -0.15) is 5.26 Å². The third-order valence-electron chi connectivity index (χ3n) is 2.35. The van der Waals surface area contributed by atoms with Crippen molar-refractivity contribution >= 4 is 5.69 Å². The van der Waals surface area contributed by atoms with E-state index in [0.717, 1.165) is 0 Å². The topological polar surface area (TPSA) is 56.5 Å². The SMILES string of the molecule is COCCN(CCO)c1ccc(F)cc1C#N. The normalized spacial score (nSPS) is 10.0. The average Bonchev–Trinajstić information content (AvgIpc) is 2.34. The molecule has 0 heterocycles. The Labute approximate surface area is 99.8 Å². The van der Waals surface area contributed by atoms with Crippen LogP contribution in [0.15, 0.2) is 18.2 Å². The van der Waals surface area contributed by atoms with E-state index in [1.54, 1.807) is 18.1 Å². The van der Waals surface area contributed by atoms with E-state index in [-0.39, 0.29) is 12.2 Å². The number of anilines is 1. The highest BCUT2D eigenvalue weighted by atomic mass is 19.1. The van der Waals surface area contributed by atoms with Crippen molar-refractivity contribution in [2.75, 3.05) is 38.3 Å². The van der Waals surface area contributed by atoms with Crippen LogP contribution in [0.4, 0.5) is 10.1 Å². The van der Waals surface area contributed by atoms with Gasteiger partial charge in [-0.25, -0.2) is 4.39 Å². The fourth-order valence-corrected chi connectivity index (χ4v) is 1.55. The van der Waals surface area contributed by atoms with Crippen LogP contribution in [0, 0.1) is 17.1 Å². The predicted molar refractivity (Wildman–Crippen MR) is 62.3 cm³/mol. The molecule has 0 atom stereocenters. The highest BCUT2D eigenvalue weighted by Crippen LogP contribution is 2.20. The van der Waals surface area contributed by atoms with Crippen LogP contribution >= 0.6 is 0 Å². The molecular formula is C12H15FN2O2. The Balaban J connectivity index is 2.96. The van der Waals surface area contributed by atoms with Gasteiger partial charge in [0.2, 0.25) is 0 Å². The van der Waals surface area contributed by atoms with Crippen molar-refractivity contribution in [2.45, 2.75) is 0 Å². The van der Waals surface area contributed by atoms with Crippen LogP contribution in [0.2, 0.25) is 0 Å². The summed E-state index contributed by atoms with van der Waals surface area (Å²) in [6, 6.07) is 5.97. The second kappa shape index (κ2) is 6.84. The van der Waals surface area contributed by atoms with E-state index in [9.17, 15) is 4.39 Å². The standard InChI is InChI=1S/C12H15FN2O2/c1-17-7-5-15(4-6-16)12-3-2-11(13)8-10(12)9-14/h2-3,8,16H,4-7H2,1H3. The van der Waals surface area contributed by atoms with E-state index in [1.165, 1.54) is 12.1 Å².